The monoisotopic (exact) mass is 227 g/mol. The van der Waals surface area contributed by atoms with Crippen LogP contribution >= 0.6 is 11.9 Å². The topological polar surface area (TPSA) is 12.0 Å². The maximum Gasteiger partial charge on any atom is 0.0309 e. The molecule has 0 aliphatic rings. The lowest BCUT2D eigenvalue weighted by molar-refractivity contribution is 0.977. The second kappa shape index (κ2) is 13.5. The van der Waals surface area contributed by atoms with E-state index in [-0.39, 0.29) is 0 Å². The van der Waals surface area contributed by atoms with E-state index in [0.29, 0.717) is 0 Å². The lowest BCUT2D eigenvalue weighted by atomic mass is 10.1. The van der Waals surface area contributed by atoms with Gasteiger partial charge in [-0.3, -0.25) is 4.72 Å². The predicted octanol–water partition coefficient (Wildman–Crippen LogP) is 4.42. The summed E-state index contributed by atoms with van der Waals surface area (Å²) in [5, 5.41) is 0. The van der Waals surface area contributed by atoms with Crippen molar-refractivity contribution in [2.45, 2.75) is 41.2 Å². The van der Waals surface area contributed by atoms with Gasteiger partial charge in [0.05, 0.1) is 0 Å². The fraction of sp³-hybridized carbons (Fsp3) is 0.538. The van der Waals surface area contributed by atoms with Crippen molar-refractivity contribution < 1.29 is 0 Å². The lowest BCUT2D eigenvalue weighted by Crippen LogP contribution is -2.01. The molecule has 0 saturated heterocycles. The van der Waals surface area contributed by atoms with Gasteiger partial charge in [0, 0.05) is 6.54 Å². The molecule has 0 aliphatic carbocycles. The first-order chi connectivity index (χ1) is 7.33. The molecule has 0 radical (unpaired) electrons. The van der Waals surface area contributed by atoms with E-state index in [1.54, 1.807) is 11.9 Å². The highest BCUT2D eigenvalue weighted by Crippen LogP contribution is 2.03. The van der Waals surface area contributed by atoms with Crippen LogP contribution in [0.2, 0.25) is 0 Å². The van der Waals surface area contributed by atoms with Crippen LogP contribution in [0.25, 0.3) is 0 Å². The predicted molar refractivity (Wildman–Crippen MR) is 74.2 cm³/mol. The lowest BCUT2D eigenvalue weighted by Gasteiger charge is -2.01. The molecule has 0 fully saturated rings. The standard InChI is InChI=1S/C9H13NS.2C2H6/c1-8-4-3-5-9(6-8)7-10-11-2;2*1-2/h3-6,10H,7H2,1-2H3;2*1-2H3. The summed E-state index contributed by atoms with van der Waals surface area (Å²) in [6, 6.07) is 8.54. The van der Waals surface area contributed by atoms with Gasteiger partial charge in [0.15, 0.2) is 0 Å². The molecule has 1 rings (SSSR count). The van der Waals surface area contributed by atoms with Gasteiger partial charge in [-0.2, -0.15) is 0 Å². The molecule has 0 amide bonds. The molecule has 0 aliphatic heterocycles. The summed E-state index contributed by atoms with van der Waals surface area (Å²) in [4.78, 5) is 0. The van der Waals surface area contributed by atoms with Gasteiger partial charge in [0.25, 0.3) is 0 Å². The summed E-state index contributed by atoms with van der Waals surface area (Å²) in [7, 11) is 0. The second-order valence-electron chi connectivity index (χ2n) is 2.51. The number of nitrogens with one attached hydrogen (secondary N) is 1. The molecule has 0 saturated carbocycles. The van der Waals surface area contributed by atoms with E-state index in [1.165, 1.54) is 11.1 Å². The average Bonchev–Trinajstić information content (AvgIpc) is 2.32. The van der Waals surface area contributed by atoms with Crippen molar-refractivity contribution in [3.05, 3.63) is 35.4 Å². The van der Waals surface area contributed by atoms with Crippen molar-refractivity contribution in [2.24, 2.45) is 0 Å². The van der Waals surface area contributed by atoms with E-state index in [1.807, 2.05) is 34.0 Å². The molecule has 15 heavy (non-hydrogen) atoms. The molecular formula is C13H25NS. The van der Waals surface area contributed by atoms with E-state index in [0.717, 1.165) is 6.54 Å². The third-order valence-electron chi connectivity index (χ3n) is 1.50. The van der Waals surface area contributed by atoms with Crippen LogP contribution in [0, 0.1) is 6.92 Å². The van der Waals surface area contributed by atoms with E-state index in [2.05, 4.69) is 35.9 Å². The third-order valence-corrected chi connectivity index (χ3v) is 1.94. The molecule has 2 heteroatoms. The Hall–Kier alpha value is -0.470. The first-order valence-corrected chi connectivity index (χ1v) is 6.87. The Kier molecular flexibility index (Phi) is 15.3. The van der Waals surface area contributed by atoms with E-state index in [4.69, 9.17) is 0 Å². The molecular weight excluding hydrogens is 202 g/mol. The highest BCUT2D eigenvalue weighted by molar-refractivity contribution is 7.96. The van der Waals surface area contributed by atoms with Crippen molar-refractivity contribution in [1.82, 2.24) is 4.72 Å². The highest BCUT2D eigenvalue weighted by Gasteiger charge is 1.90. The number of rotatable bonds is 3. The Balaban J connectivity index is 0. The van der Waals surface area contributed by atoms with Crippen molar-refractivity contribution in [1.29, 1.82) is 0 Å². The molecule has 1 aromatic carbocycles. The summed E-state index contributed by atoms with van der Waals surface area (Å²) in [5.41, 5.74) is 2.67. The zero-order valence-corrected chi connectivity index (χ0v) is 11.7. The van der Waals surface area contributed by atoms with Crippen LogP contribution in [0.4, 0.5) is 0 Å². The van der Waals surface area contributed by atoms with Crippen LogP contribution in [0.1, 0.15) is 38.8 Å². The smallest absolute Gasteiger partial charge is 0.0309 e. The molecule has 1 nitrogen and oxygen atoms in total. The molecule has 88 valence electrons. The Morgan fingerprint density at radius 2 is 1.73 bits per heavy atom. The van der Waals surface area contributed by atoms with Crippen LogP contribution in [-0.2, 0) is 6.54 Å². The number of hydrogen-bond acceptors (Lipinski definition) is 2. The fourth-order valence-electron chi connectivity index (χ4n) is 0.978. The summed E-state index contributed by atoms with van der Waals surface area (Å²) in [6.07, 6.45) is 2.04. The van der Waals surface area contributed by atoms with Gasteiger partial charge < -0.3 is 0 Å². The molecule has 1 N–H and O–H groups in total. The minimum absolute atomic E-state index is 0.947. The molecule has 0 aromatic heterocycles. The van der Waals surface area contributed by atoms with Crippen LogP contribution in [0.15, 0.2) is 24.3 Å². The van der Waals surface area contributed by atoms with E-state index < -0.39 is 0 Å². The minimum atomic E-state index is 0.947. The number of aryl methyl sites for hydroxylation is 1. The zero-order chi connectivity index (χ0) is 12.1. The summed E-state index contributed by atoms with van der Waals surface area (Å²) < 4.78 is 3.21. The second-order valence-corrected chi connectivity index (χ2v) is 3.21. The van der Waals surface area contributed by atoms with E-state index >= 15 is 0 Å². The van der Waals surface area contributed by atoms with Crippen LogP contribution in [-0.4, -0.2) is 6.26 Å². The van der Waals surface area contributed by atoms with Gasteiger partial charge in [0.1, 0.15) is 0 Å². The fourth-order valence-corrected chi connectivity index (χ4v) is 1.29. The Bertz CT molecular complexity index is 224. The van der Waals surface area contributed by atoms with Crippen molar-refractivity contribution in [2.75, 3.05) is 6.26 Å². The Morgan fingerprint density at radius 1 is 1.13 bits per heavy atom. The molecule has 0 atom stereocenters. The average molecular weight is 227 g/mol. The van der Waals surface area contributed by atoms with Gasteiger partial charge in [0.2, 0.25) is 0 Å². The van der Waals surface area contributed by atoms with Crippen LogP contribution < -0.4 is 4.72 Å². The van der Waals surface area contributed by atoms with E-state index in [9.17, 15) is 0 Å². The Labute approximate surface area is 99.8 Å². The Morgan fingerprint density at radius 3 is 2.20 bits per heavy atom. The molecule has 1 aromatic rings. The maximum absolute atomic E-state index is 3.21. The largest absolute Gasteiger partial charge is 0.260 e. The number of hydrogen-bond donors (Lipinski definition) is 1. The highest BCUT2D eigenvalue weighted by atomic mass is 32.2. The number of benzene rings is 1. The SMILES string of the molecule is CC.CC.CSNCc1cccc(C)c1. The van der Waals surface area contributed by atoms with Crippen LogP contribution in [0.3, 0.4) is 0 Å². The normalized spacial score (nSPS) is 8.13. The van der Waals surface area contributed by atoms with Gasteiger partial charge in [-0.15, -0.1) is 0 Å². The minimum Gasteiger partial charge on any atom is -0.260 e. The maximum atomic E-state index is 3.21. The van der Waals surface area contributed by atoms with Crippen molar-refractivity contribution in [3.63, 3.8) is 0 Å². The van der Waals surface area contributed by atoms with Crippen LogP contribution in [0.5, 0.6) is 0 Å². The van der Waals surface area contributed by atoms with Gasteiger partial charge in [-0.25, -0.2) is 0 Å². The summed E-state index contributed by atoms with van der Waals surface area (Å²) >= 11 is 1.65. The van der Waals surface area contributed by atoms with Crippen molar-refractivity contribution >= 4 is 11.9 Å². The molecule has 0 unspecified atom stereocenters. The van der Waals surface area contributed by atoms with Crippen molar-refractivity contribution in [3.8, 4) is 0 Å². The molecule has 0 spiro atoms. The first kappa shape index (κ1) is 16.9. The van der Waals surface area contributed by atoms with Gasteiger partial charge in [-0.1, -0.05) is 69.5 Å². The quantitative estimate of drug-likeness (QED) is 0.767. The van der Waals surface area contributed by atoms with Gasteiger partial charge in [-0.05, 0) is 18.7 Å². The molecule has 0 heterocycles. The summed E-state index contributed by atoms with van der Waals surface area (Å²) in [6.45, 7) is 11.1. The third kappa shape index (κ3) is 9.83. The first-order valence-electron chi connectivity index (χ1n) is 5.64. The molecule has 0 bridgehead atoms. The summed E-state index contributed by atoms with van der Waals surface area (Å²) in [5.74, 6) is 0. The zero-order valence-electron chi connectivity index (χ0n) is 10.9. The van der Waals surface area contributed by atoms with Gasteiger partial charge >= 0.3 is 0 Å².